The van der Waals surface area contributed by atoms with Gasteiger partial charge >= 0.3 is 0 Å². The summed E-state index contributed by atoms with van der Waals surface area (Å²) in [4.78, 5) is 11.0. The molecule has 0 heterocycles. The first-order valence-electron chi connectivity index (χ1n) is 5.52. The molecule has 2 aromatic carbocycles. The fraction of sp³-hybridized carbons (Fsp3) is 0.214. The summed E-state index contributed by atoms with van der Waals surface area (Å²) in [7, 11) is 3.27. The van der Waals surface area contributed by atoms with Gasteiger partial charge in [0.2, 0.25) is 0 Å². The first kappa shape index (κ1) is 11.6. The van der Waals surface area contributed by atoms with Gasteiger partial charge in [-0.15, -0.1) is 0 Å². The van der Waals surface area contributed by atoms with Crippen LogP contribution in [-0.2, 0) is 6.54 Å². The van der Waals surface area contributed by atoms with E-state index < -0.39 is 6.09 Å². The van der Waals surface area contributed by atoms with Crippen molar-refractivity contribution in [3.8, 4) is 0 Å². The standard InChI is InChI=1S/C14H15NO2/c1-15(2,14(16)17)10-12-8-5-7-11-6-3-4-9-13(11)12/h3-9H,10H2,1-2H3. The minimum atomic E-state index is -1.07. The molecule has 0 saturated heterocycles. The van der Waals surface area contributed by atoms with Crippen molar-refractivity contribution in [2.45, 2.75) is 6.54 Å². The van der Waals surface area contributed by atoms with Crippen LogP contribution in [0.3, 0.4) is 0 Å². The topological polar surface area (TPSA) is 40.1 Å². The zero-order chi connectivity index (χ0) is 12.5. The van der Waals surface area contributed by atoms with E-state index >= 15 is 0 Å². The Kier molecular flexibility index (Phi) is 2.86. The van der Waals surface area contributed by atoms with Crippen molar-refractivity contribution in [1.82, 2.24) is 0 Å². The van der Waals surface area contributed by atoms with Crippen LogP contribution in [0, 0.1) is 0 Å². The molecule has 3 heteroatoms. The van der Waals surface area contributed by atoms with E-state index in [0.29, 0.717) is 6.54 Å². The first-order chi connectivity index (χ1) is 8.00. The first-order valence-corrected chi connectivity index (χ1v) is 5.52. The minimum absolute atomic E-state index is 0.173. The molecule has 0 saturated carbocycles. The Labute approximate surface area is 100 Å². The number of nitrogens with zero attached hydrogens (tertiary/aromatic N) is 1. The molecule has 0 spiro atoms. The highest BCUT2D eigenvalue weighted by Crippen LogP contribution is 2.21. The number of benzene rings is 2. The second-order valence-electron chi connectivity index (χ2n) is 4.75. The Morgan fingerprint density at radius 3 is 2.47 bits per heavy atom. The molecule has 0 radical (unpaired) electrons. The van der Waals surface area contributed by atoms with E-state index in [2.05, 4.69) is 0 Å². The van der Waals surface area contributed by atoms with Crippen molar-refractivity contribution in [1.29, 1.82) is 0 Å². The molecule has 3 nitrogen and oxygen atoms in total. The number of carboxylic acid groups (broad SMARTS) is 1. The number of rotatable bonds is 2. The van der Waals surface area contributed by atoms with Crippen LogP contribution < -0.4 is 5.11 Å². The summed E-state index contributed by atoms with van der Waals surface area (Å²) in [5.74, 6) is 0. The fourth-order valence-corrected chi connectivity index (χ4v) is 1.92. The SMILES string of the molecule is C[N+](C)(Cc1cccc2ccccc12)C(=O)[O-]. The van der Waals surface area contributed by atoms with Crippen molar-refractivity contribution < 1.29 is 14.4 Å². The van der Waals surface area contributed by atoms with Gasteiger partial charge in [-0.1, -0.05) is 42.5 Å². The molecule has 0 bridgehead atoms. The maximum absolute atomic E-state index is 11.0. The largest absolute Gasteiger partial charge is 0.498 e. The van der Waals surface area contributed by atoms with Gasteiger partial charge in [0.05, 0.1) is 14.1 Å². The summed E-state index contributed by atoms with van der Waals surface area (Å²) in [6, 6.07) is 13.9. The van der Waals surface area contributed by atoms with Crippen molar-refractivity contribution >= 4 is 16.9 Å². The summed E-state index contributed by atoms with van der Waals surface area (Å²) in [6.07, 6.45) is -1.07. The molecule has 0 aliphatic rings. The minimum Gasteiger partial charge on any atom is -0.498 e. The lowest BCUT2D eigenvalue weighted by molar-refractivity contribution is -0.851. The van der Waals surface area contributed by atoms with Crippen LogP contribution in [0.1, 0.15) is 5.56 Å². The Morgan fingerprint density at radius 2 is 1.76 bits per heavy atom. The zero-order valence-electron chi connectivity index (χ0n) is 10.0. The summed E-state index contributed by atoms with van der Waals surface area (Å²) < 4.78 is -0.173. The summed E-state index contributed by atoms with van der Waals surface area (Å²) >= 11 is 0. The quantitative estimate of drug-likeness (QED) is 0.736. The Bertz CT molecular complexity index is 556. The molecule has 0 unspecified atom stereocenters. The van der Waals surface area contributed by atoms with Gasteiger partial charge in [-0.3, -0.25) is 4.48 Å². The molecule has 0 aliphatic heterocycles. The van der Waals surface area contributed by atoms with Gasteiger partial charge in [-0.05, 0) is 10.8 Å². The molecule has 0 fully saturated rings. The van der Waals surface area contributed by atoms with Crippen LogP contribution in [0.5, 0.6) is 0 Å². The van der Waals surface area contributed by atoms with E-state index in [-0.39, 0.29) is 4.48 Å². The number of fused-ring (bicyclic) bond motifs is 1. The lowest BCUT2D eigenvalue weighted by Crippen LogP contribution is -2.52. The number of hydrogen-bond donors (Lipinski definition) is 0. The lowest BCUT2D eigenvalue weighted by Gasteiger charge is -2.29. The van der Waals surface area contributed by atoms with Crippen LogP contribution in [0.2, 0.25) is 0 Å². The average Bonchev–Trinajstić information content (AvgIpc) is 2.29. The smallest absolute Gasteiger partial charge is 0.257 e. The Hall–Kier alpha value is -1.87. The molecular formula is C14H15NO2. The maximum Gasteiger partial charge on any atom is 0.257 e. The highest BCUT2D eigenvalue weighted by Gasteiger charge is 2.19. The van der Waals surface area contributed by atoms with Crippen molar-refractivity contribution in [3.63, 3.8) is 0 Å². The highest BCUT2D eigenvalue weighted by atomic mass is 16.4. The molecule has 1 amide bonds. The van der Waals surface area contributed by atoms with E-state index in [1.807, 2.05) is 42.5 Å². The molecule has 88 valence electrons. The maximum atomic E-state index is 11.0. The number of hydrogen-bond acceptors (Lipinski definition) is 2. The third-order valence-corrected chi connectivity index (χ3v) is 2.94. The van der Waals surface area contributed by atoms with Gasteiger partial charge in [0.1, 0.15) is 6.54 Å². The summed E-state index contributed by atoms with van der Waals surface area (Å²) in [5.41, 5.74) is 1.03. The molecule has 0 aromatic heterocycles. The van der Waals surface area contributed by atoms with E-state index in [1.165, 1.54) is 0 Å². The van der Waals surface area contributed by atoms with Crippen LogP contribution in [-0.4, -0.2) is 24.7 Å². The monoisotopic (exact) mass is 229 g/mol. The molecule has 2 rings (SSSR count). The van der Waals surface area contributed by atoms with Gasteiger partial charge in [0.15, 0.2) is 0 Å². The molecule has 2 aromatic rings. The number of amides is 1. The van der Waals surface area contributed by atoms with Crippen LogP contribution in [0.15, 0.2) is 42.5 Å². The van der Waals surface area contributed by atoms with Gasteiger partial charge < -0.3 is 9.90 Å². The Morgan fingerprint density at radius 1 is 1.12 bits per heavy atom. The van der Waals surface area contributed by atoms with Gasteiger partial charge in [-0.25, -0.2) is 0 Å². The fourth-order valence-electron chi connectivity index (χ4n) is 1.92. The molecule has 17 heavy (non-hydrogen) atoms. The Balaban J connectivity index is 2.46. The predicted molar refractivity (Wildman–Crippen MR) is 65.2 cm³/mol. The van der Waals surface area contributed by atoms with Crippen molar-refractivity contribution in [2.75, 3.05) is 14.1 Å². The molecular weight excluding hydrogens is 214 g/mol. The van der Waals surface area contributed by atoms with E-state index in [4.69, 9.17) is 0 Å². The number of quaternary nitrogens is 1. The van der Waals surface area contributed by atoms with Gasteiger partial charge in [0.25, 0.3) is 6.09 Å². The average molecular weight is 229 g/mol. The van der Waals surface area contributed by atoms with Crippen LogP contribution in [0.4, 0.5) is 4.79 Å². The van der Waals surface area contributed by atoms with E-state index in [9.17, 15) is 9.90 Å². The van der Waals surface area contributed by atoms with Crippen LogP contribution >= 0.6 is 0 Å². The number of carbonyl (C=O) groups is 1. The number of carbonyl (C=O) groups excluding carboxylic acids is 1. The van der Waals surface area contributed by atoms with Crippen LogP contribution in [0.25, 0.3) is 10.8 Å². The molecule has 0 N–H and O–H groups in total. The highest BCUT2D eigenvalue weighted by molar-refractivity contribution is 5.85. The van der Waals surface area contributed by atoms with E-state index in [1.54, 1.807) is 14.1 Å². The zero-order valence-corrected chi connectivity index (χ0v) is 10.0. The third-order valence-electron chi connectivity index (χ3n) is 2.94. The van der Waals surface area contributed by atoms with Crippen molar-refractivity contribution in [3.05, 3.63) is 48.0 Å². The lowest BCUT2D eigenvalue weighted by atomic mass is 10.0. The summed E-state index contributed by atoms with van der Waals surface area (Å²) in [5, 5.41) is 13.3. The summed E-state index contributed by atoms with van der Waals surface area (Å²) in [6.45, 7) is 0.420. The third kappa shape index (κ3) is 2.29. The molecule has 0 atom stereocenters. The van der Waals surface area contributed by atoms with Gasteiger partial charge in [-0.2, -0.15) is 0 Å². The molecule has 0 aliphatic carbocycles. The van der Waals surface area contributed by atoms with Crippen molar-refractivity contribution in [2.24, 2.45) is 0 Å². The second kappa shape index (κ2) is 4.18. The van der Waals surface area contributed by atoms with Gasteiger partial charge in [0, 0.05) is 5.56 Å². The predicted octanol–water partition coefficient (Wildman–Crippen LogP) is 1.76. The normalized spacial score (nSPS) is 11.6. The second-order valence-corrected chi connectivity index (χ2v) is 4.75. The van der Waals surface area contributed by atoms with E-state index in [0.717, 1.165) is 16.3 Å².